The largest absolute Gasteiger partial charge is 0.545 e. The van der Waals surface area contributed by atoms with Crippen LogP contribution in [0.5, 0.6) is 0 Å². The average Bonchev–Trinajstić information content (AvgIpc) is 2.19. The number of aromatic nitrogens is 1. The van der Waals surface area contributed by atoms with E-state index in [2.05, 4.69) is 10.3 Å². The van der Waals surface area contributed by atoms with Crippen LogP contribution in [0.1, 0.15) is 10.4 Å². The van der Waals surface area contributed by atoms with Crippen molar-refractivity contribution in [1.82, 2.24) is 4.98 Å². The topological polar surface area (TPSA) is 69.5 Å². The first-order valence-electron chi connectivity index (χ1n) is 4.90. The Bertz CT molecular complexity index is 382. The lowest BCUT2D eigenvalue weighted by molar-refractivity contribution is -0.856. The highest BCUT2D eigenvalue weighted by atomic mass is 35.5. The Kier molecular flexibility index (Phi) is 4.52. The summed E-state index contributed by atoms with van der Waals surface area (Å²) in [6, 6.07) is 1.33. The van der Waals surface area contributed by atoms with Crippen molar-refractivity contribution in [2.45, 2.75) is 0 Å². The molecule has 88 valence electrons. The van der Waals surface area contributed by atoms with Crippen molar-refractivity contribution in [3.63, 3.8) is 0 Å². The minimum absolute atomic E-state index is 0.0196. The van der Waals surface area contributed by atoms with Gasteiger partial charge in [-0.05, 0) is 6.07 Å². The first kappa shape index (κ1) is 12.7. The molecule has 0 unspecified atom stereocenters. The molecule has 0 aliphatic rings. The Morgan fingerprint density at radius 2 is 2.31 bits per heavy atom. The fourth-order valence-electron chi connectivity index (χ4n) is 1.11. The summed E-state index contributed by atoms with van der Waals surface area (Å²) in [4.78, 5) is 15.8. The lowest BCUT2D eigenvalue weighted by Gasteiger charge is -2.11. The smallest absolute Gasteiger partial charge is 0.145 e. The van der Waals surface area contributed by atoms with Crippen LogP contribution in [0, 0.1) is 0 Å². The van der Waals surface area contributed by atoms with Gasteiger partial charge in [0.15, 0.2) is 0 Å². The van der Waals surface area contributed by atoms with Crippen LogP contribution in [0.15, 0.2) is 12.3 Å². The molecule has 0 amide bonds. The van der Waals surface area contributed by atoms with Crippen LogP contribution in [0.2, 0.25) is 5.02 Å². The number of halogens is 1. The highest BCUT2D eigenvalue weighted by Crippen LogP contribution is 2.19. The normalized spacial score (nSPS) is 10.5. The number of hydrogen-bond acceptors (Lipinski definition) is 4. The molecule has 1 heterocycles. The second-order valence-corrected chi connectivity index (χ2v) is 4.13. The van der Waals surface area contributed by atoms with E-state index in [-0.39, 0.29) is 10.6 Å². The summed E-state index contributed by atoms with van der Waals surface area (Å²) in [5, 5.41) is 13.9. The number of carbonyl (C=O) groups excluding carboxylic acids is 1. The second kappa shape index (κ2) is 5.67. The third-order valence-corrected chi connectivity index (χ3v) is 2.28. The lowest BCUT2D eigenvalue weighted by atomic mass is 10.3. The van der Waals surface area contributed by atoms with Crippen LogP contribution in [-0.4, -0.2) is 38.1 Å². The first-order chi connectivity index (χ1) is 7.50. The molecule has 0 bridgehead atoms. The predicted molar refractivity (Wildman–Crippen MR) is 59.7 cm³/mol. The summed E-state index contributed by atoms with van der Waals surface area (Å²) in [7, 11) is 4.08. The van der Waals surface area contributed by atoms with Gasteiger partial charge in [0.1, 0.15) is 5.82 Å². The zero-order valence-electron chi connectivity index (χ0n) is 9.21. The zero-order chi connectivity index (χ0) is 12.1. The molecule has 1 aromatic heterocycles. The Morgan fingerprint density at radius 1 is 1.62 bits per heavy atom. The standard InChI is InChI=1S/C10H14ClN3O2/c1-14(2)4-3-12-9-8(11)5-7(6-13-9)10(15)16/h5-6H,3-4H2,1-2H3,(H,12,13)(H,15,16). The number of quaternary nitrogens is 1. The van der Waals surface area contributed by atoms with Gasteiger partial charge in [-0.15, -0.1) is 0 Å². The fraction of sp³-hybridized carbons (Fsp3) is 0.400. The Balaban J connectivity index is 2.64. The van der Waals surface area contributed by atoms with Crippen molar-refractivity contribution in [2.75, 3.05) is 32.5 Å². The number of nitrogens with zero attached hydrogens (tertiary/aromatic N) is 1. The predicted octanol–water partition coefficient (Wildman–Crippen LogP) is -1.35. The molecule has 5 nitrogen and oxygen atoms in total. The minimum atomic E-state index is -1.28. The number of carbonyl (C=O) groups is 1. The molecule has 6 heteroatoms. The monoisotopic (exact) mass is 243 g/mol. The quantitative estimate of drug-likeness (QED) is 0.671. The van der Waals surface area contributed by atoms with E-state index in [9.17, 15) is 9.90 Å². The maximum atomic E-state index is 10.5. The van der Waals surface area contributed by atoms with Crippen LogP contribution in [0.4, 0.5) is 5.82 Å². The summed E-state index contributed by atoms with van der Waals surface area (Å²) in [5.74, 6) is -0.786. The molecule has 0 radical (unpaired) electrons. The number of nitrogens with one attached hydrogen (secondary N) is 2. The van der Waals surface area contributed by atoms with Gasteiger partial charge in [0.2, 0.25) is 0 Å². The van der Waals surface area contributed by atoms with Gasteiger partial charge in [0.05, 0.1) is 38.2 Å². The Morgan fingerprint density at radius 3 is 2.81 bits per heavy atom. The van der Waals surface area contributed by atoms with E-state index < -0.39 is 5.97 Å². The van der Waals surface area contributed by atoms with Gasteiger partial charge < -0.3 is 20.1 Å². The molecule has 16 heavy (non-hydrogen) atoms. The molecular weight excluding hydrogens is 230 g/mol. The molecule has 0 saturated carbocycles. The van der Waals surface area contributed by atoms with E-state index in [0.717, 1.165) is 13.1 Å². The maximum absolute atomic E-state index is 10.5. The molecule has 0 aliphatic heterocycles. The molecule has 0 saturated heterocycles. The number of carboxylic acid groups (broad SMARTS) is 1. The lowest BCUT2D eigenvalue weighted by Crippen LogP contribution is -3.06. The Labute approximate surface area is 99.0 Å². The SMILES string of the molecule is C[NH+](C)CCNc1ncc(C(=O)[O-])cc1Cl. The summed E-state index contributed by atoms with van der Waals surface area (Å²) in [5.41, 5.74) is -0.0196. The Hall–Kier alpha value is -1.33. The third-order valence-electron chi connectivity index (χ3n) is 1.99. The first-order valence-corrected chi connectivity index (χ1v) is 5.28. The molecule has 0 fully saturated rings. The highest BCUT2D eigenvalue weighted by Gasteiger charge is 2.04. The fourth-order valence-corrected chi connectivity index (χ4v) is 1.34. The number of hydrogen-bond donors (Lipinski definition) is 2. The van der Waals surface area contributed by atoms with Crippen molar-refractivity contribution < 1.29 is 14.8 Å². The van der Waals surface area contributed by atoms with E-state index in [1.807, 2.05) is 14.1 Å². The van der Waals surface area contributed by atoms with Gasteiger partial charge in [-0.3, -0.25) is 0 Å². The van der Waals surface area contributed by atoms with Gasteiger partial charge in [-0.2, -0.15) is 0 Å². The summed E-state index contributed by atoms with van der Waals surface area (Å²) >= 11 is 5.87. The zero-order valence-corrected chi connectivity index (χ0v) is 9.97. The number of likely N-dealkylation sites (N-methyl/N-ethyl adjacent to an activating group) is 1. The molecular formula is C10H14ClN3O2. The van der Waals surface area contributed by atoms with Crippen LogP contribution in [0.3, 0.4) is 0 Å². The van der Waals surface area contributed by atoms with E-state index in [1.165, 1.54) is 17.2 Å². The van der Waals surface area contributed by atoms with E-state index in [0.29, 0.717) is 5.82 Å². The van der Waals surface area contributed by atoms with Gasteiger partial charge in [-0.25, -0.2) is 4.98 Å². The number of anilines is 1. The molecule has 0 aliphatic carbocycles. The van der Waals surface area contributed by atoms with Crippen LogP contribution >= 0.6 is 11.6 Å². The highest BCUT2D eigenvalue weighted by molar-refractivity contribution is 6.33. The average molecular weight is 244 g/mol. The van der Waals surface area contributed by atoms with Crippen molar-refractivity contribution in [2.24, 2.45) is 0 Å². The van der Waals surface area contributed by atoms with Crippen molar-refractivity contribution in [1.29, 1.82) is 0 Å². The molecule has 1 rings (SSSR count). The van der Waals surface area contributed by atoms with Crippen LogP contribution in [0.25, 0.3) is 0 Å². The van der Waals surface area contributed by atoms with E-state index in [4.69, 9.17) is 11.6 Å². The number of pyridine rings is 1. The number of rotatable bonds is 5. The van der Waals surface area contributed by atoms with Crippen LogP contribution < -0.4 is 15.3 Å². The maximum Gasteiger partial charge on any atom is 0.145 e. The molecule has 2 N–H and O–H groups in total. The van der Waals surface area contributed by atoms with Crippen molar-refractivity contribution in [3.8, 4) is 0 Å². The van der Waals surface area contributed by atoms with Crippen LogP contribution in [-0.2, 0) is 0 Å². The summed E-state index contributed by atoms with van der Waals surface area (Å²) < 4.78 is 0. The second-order valence-electron chi connectivity index (χ2n) is 3.73. The molecule has 0 aromatic carbocycles. The molecule has 0 spiro atoms. The van der Waals surface area contributed by atoms with Crippen molar-refractivity contribution in [3.05, 3.63) is 22.8 Å². The number of aromatic carboxylic acids is 1. The molecule has 1 aromatic rings. The minimum Gasteiger partial charge on any atom is -0.545 e. The van der Waals surface area contributed by atoms with Gasteiger partial charge >= 0.3 is 0 Å². The van der Waals surface area contributed by atoms with Gasteiger partial charge in [0, 0.05) is 11.8 Å². The van der Waals surface area contributed by atoms with Gasteiger partial charge in [-0.1, -0.05) is 11.6 Å². The number of carboxylic acids is 1. The van der Waals surface area contributed by atoms with E-state index in [1.54, 1.807) is 0 Å². The summed E-state index contributed by atoms with van der Waals surface area (Å²) in [6.07, 6.45) is 1.23. The third kappa shape index (κ3) is 3.67. The van der Waals surface area contributed by atoms with Crippen molar-refractivity contribution >= 4 is 23.4 Å². The van der Waals surface area contributed by atoms with E-state index >= 15 is 0 Å². The summed E-state index contributed by atoms with van der Waals surface area (Å²) in [6.45, 7) is 1.64. The van der Waals surface area contributed by atoms with Gasteiger partial charge in [0.25, 0.3) is 0 Å². The molecule has 0 atom stereocenters.